The minimum Gasteiger partial charge on any atom is -0.322 e. The number of hydrogen-bond acceptors (Lipinski definition) is 1. The van der Waals surface area contributed by atoms with Gasteiger partial charge in [0.25, 0.3) is 0 Å². The van der Waals surface area contributed by atoms with E-state index in [1.165, 1.54) is 11.1 Å². The molecule has 1 aromatic carbocycles. The van der Waals surface area contributed by atoms with E-state index in [4.69, 9.17) is 5.73 Å². The highest BCUT2D eigenvalue weighted by molar-refractivity contribution is 5.37. The summed E-state index contributed by atoms with van der Waals surface area (Å²) in [5.74, 6) is 0. The molecule has 0 aliphatic carbocycles. The number of hydrogen-bond donors (Lipinski definition) is 1. The van der Waals surface area contributed by atoms with Crippen molar-refractivity contribution in [2.45, 2.75) is 13.8 Å². The van der Waals surface area contributed by atoms with E-state index in [0.29, 0.717) is 0 Å². The van der Waals surface area contributed by atoms with E-state index < -0.39 is 0 Å². The van der Waals surface area contributed by atoms with Gasteiger partial charge < -0.3 is 5.73 Å². The topological polar surface area (TPSA) is 26.0 Å². The summed E-state index contributed by atoms with van der Waals surface area (Å²) in [6.07, 6.45) is 0. The van der Waals surface area contributed by atoms with E-state index in [0.717, 1.165) is 5.56 Å². The zero-order valence-electron chi connectivity index (χ0n) is 6.39. The Hall–Kier alpha value is -0.820. The summed E-state index contributed by atoms with van der Waals surface area (Å²) in [5.41, 5.74) is 9.06. The van der Waals surface area contributed by atoms with Crippen LogP contribution in [0.5, 0.6) is 0 Å². The van der Waals surface area contributed by atoms with Gasteiger partial charge in [0.05, 0.1) is 0 Å². The van der Waals surface area contributed by atoms with Crippen LogP contribution in [0.2, 0.25) is 0 Å². The van der Waals surface area contributed by atoms with Gasteiger partial charge in [-0.3, -0.25) is 0 Å². The lowest BCUT2D eigenvalue weighted by atomic mass is 10.0. The van der Waals surface area contributed by atoms with Gasteiger partial charge in [-0.2, -0.15) is 0 Å². The third-order valence-electron chi connectivity index (χ3n) is 1.71. The molecule has 0 aromatic heterocycles. The fourth-order valence-corrected chi connectivity index (χ4v) is 1.09. The Balaban J connectivity index is 3.17. The maximum atomic E-state index is 5.43. The van der Waals surface area contributed by atoms with Crippen molar-refractivity contribution in [2.24, 2.45) is 5.73 Å². The fourth-order valence-electron chi connectivity index (χ4n) is 1.09. The summed E-state index contributed by atoms with van der Waals surface area (Å²) < 4.78 is 0. The highest BCUT2D eigenvalue weighted by Crippen LogP contribution is 2.12. The average Bonchev–Trinajstić information content (AvgIpc) is 1.88. The van der Waals surface area contributed by atoms with Gasteiger partial charge in [-0.05, 0) is 30.5 Å². The highest BCUT2D eigenvalue weighted by atomic mass is 14.5. The van der Waals surface area contributed by atoms with Crippen molar-refractivity contribution < 1.29 is 0 Å². The van der Waals surface area contributed by atoms with Crippen molar-refractivity contribution >= 4 is 0 Å². The summed E-state index contributed by atoms with van der Waals surface area (Å²) in [5, 5.41) is 0. The number of aryl methyl sites for hydroxylation is 2. The van der Waals surface area contributed by atoms with Crippen LogP contribution < -0.4 is 5.73 Å². The fraction of sp³-hybridized carbons (Fsp3) is 0.222. The van der Waals surface area contributed by atoms with Gasteiger partial charge in [0.15, 0.2) is 0 Å². The molecular formula is C9H12N. The number of nitrogens with two attached hydrogens (primary N) is 1. The average molecular weight is 134 g/mol. The molecule has 0 atom stereocenters. The van der Waals surface area contributed by atoms with Gasteiger partial charge in [-0.25, -0.2) is 0 Å². The van der Waals surface area contributed by atoms with E-state index in [1.54, 1.807) is 6.54 Å². The number of benzene rings is 1. The minimum atomic E-state index is 1.16. The molecular weight excluding hydrogens is 122 g/mol. The molecule has 0 fully saturated rings. The van der Waals surface area contributed by atoms with Crippen LogP contribution in [0.4, 0.5) is 0 Å². The summed E-state index contributed by atoms with van der Waals surface area (Å²) in [4.78, 5) is 0. The van der Waals surface area contributed by atoms with Crippen LogP contribution in [0.3, 0.4) is 0 Å². The maximum absolute atomic E-state index is 5.43. The van der Waals surface area contributed by atoms with Gasteiger partial charge in [0.1, 0.15) is 0 Å². The van der Waals surface area contributed by atoms with Gasteiger partial charge in [0.2, 0.25) is 0 Å². The largest absolute Gasteiger partial charge is 0.322 e. The van der Waals surface area contributed by atoms with Crippen molar-refractivity contribution in [1.82, 2.24) is 0 Å². The van der Waals surface area contributed by atoms with Crippen molar-refractivity contribution in [1.29, 1.82) is 0 Å². The molecule has 10 heavy (non-hydrogen) atoms. The first-order valence-electron chi connectivity index (χ1n) is 3.37. The quantitative estimate of drug-likeness (QED) is 0.622. The molecule has 0 heterocycles. The van der Waals surface area contributed by atoms with Crippen molar-refractivity contribution in [3.05, 3.63) is 41.4 Å². The molecule has 0 amide bonds. The van der Waals surface area contributed by atoms with Gasteiger partial charge >= 0.3 is 0 Å². The lowest BCUT2D eigenvalue weighted by Crippen LogP contribution is -1.98. The third kappa shape index (κ3) is 1.19. The van der Waals surface area contributed by atoms with Crippen LogP contribution in [0.15, 0.2) is 18.2 Å². The standard InChI is InChI=1S/C9H12N/c1-7-4-3-5-8(2)9(7)6-10/h3-6H,10H2,1-2H3. The van der Waals surface area contributed by atoms with Crippen molar-refractivity contribution in [3.63, 3.8) is 0 Å². The highest BCUT2D eigenvalue weighted by Gasteiger charge is 1.97. The molecule has 1 nitrogen and oxygen atoms in total. The van der Waals surface area contributed by atoms with E-state index in [1.807, 2.05) is 6.07 Å². The first-order chi connectivity index (χ1) is 4.75. The first-order valence-corrected chi connectivity index (χ1v) is 3.37. The summed E-state index contributed by atoms with van der Waals surface area (Å²) in [6, 6.07) is 6.16. The minimum absolute atomic E-state index is 1.16. The van der Waals surface area contributed by atoms with Crippen molar-refractivity contribution in [3.8, 4) is 0 Å². The molecule has 1 radical (unpaired) electrons. The molecule has 53 valence electrons. The van der Waals surface area contributed by atoms with E-state index in [2.05, 4.69) is 26.0 Å². The van der Waals surface area contributed by atoms with Crippen LogP contribution in [0.25, 0.3) is 0 Å². The maximum Gasteiger partial charge on any atom is 0.0496 e. The predicted molar refractivity (Wildman–Crippen MR) is 43.5 cm³/mol. The summed E-state index contributed by atoms with van der Waals surface area (Å²) in [7, 11) is 0. The van der Waals surface area contributed by atoms with Gasteiger partial charge in [0, 0.05) is 6.54 Å². The normalized spacial score (nSPS) is 9.90. The van der Waals surface area contributed by atoms with Crippen LogP contribution in [0, 0.1) is 20.4 Å². The van der Waals surface area contributed by atoms with Crippen molar-refractivity contribution in [2.75, 3.05) is 0 Å². The summed E-state index contributed by atoms with van der Waals surface area (Å²) in [6.45, 7) is 5.78. The molecule has 0 bridgehead atoms. The monoisotopic (exact) mass is 134 g/mol. The Labute approximate surface area is 61.9 Å². The van der Waals surface area contributed by atoms with E-state index in [-0.39, 0.29) is 0 Å². The molecule has 0 saturated heterocycles. The van der Waals surface area contributed by atoms with E-state index in [9.17, 15) is 0 Å². The molecule has 0 aliphatic heterocycles. The molecule has 0 unspecified atom stereocenters. The van der Waals surface area contributed by atoms with Gasteiger partial charge in [-0.15, -0.1) is 0 Å². The smallest absolute Gasteiger partial charge is 0.0496 e. The summed E-state index contributed by atoms with van der Waals surface area (Å²) >= 11 is 0. The zero-order valence-corrected chi connectivity index (χ0v) is 6.39. The molecule has 0 saturated carbocycles. The second-order valence-corrected chi connectivity index (χ2v) is 2.47. The molecule has 0 spiro atoms. The van der Waals surface area contributed by atoms with Crippen LogP contribution in [-0.2, 0) is 0 Å². The first kappa shape index (κ1) is 7.29. The molecule has 1 rings (SSSR count). The van der Waals surface area contributed by atoms with Gasteiger partial charge in [-0.1, -0.05) is 18.2 Å². The zero-order chi connectivity index (χ0) is 7.56. The lowest BCUT2D eigenvalue weighted by molar-refractivity contribution is 1.23. The van der Waals surface area contributed by atoms with E-state index >= 15 is 0 Å². The molecule has 1 aromatic rings. The molecule has 1 heteroatoms. The lowest BCUT2D eigenvalue weighted by Gasteiger charge is -2.04. The second kappa shape index (κ2) is 2.84. The predicted octanol–water partition coefficient (Wildman–Crippen LogP) is 1.77. The SMILES string of the molecule is Cc1cccc(C)c1[CH]N. The Kier molecular flexibility index (Phi) is 2.07. The third-order valence-corrected chi connectivity index (χ3v) is 1.71. The Morgan fingerprint density at radius 3 is 2.00 bits per heavy atom. The molecule has 2 N–H and O–H groups in total. The van der Waals surface area contributed by atoms with Crippen LogP contribution >= 0.6 is 0 Å². The Morgan fingerprint density at radius 2 is 1.70 bits per heavy atom. The number of rotatable bonds is 1. The van der Waals surface area contributed by atoms with Crippen LogP contribution in [-0.4, -0.2) is 0 Å². The molecule has 0 aliphatic rings. The van der Waals surface area contributed by atoms with Crippen LogP contribution in [0.1, 0.15) is 16.7 Å². The Morgan fingerprint density at radius 1 is 1.20 bits per heavy atom. The Bertz CT molecular complexity index is 208. The second-order valence-electron chi connectivity index (χ2n) is 2.47.